The van der Waals surface area contributed by atoms with E-state index in [1.54, 1.807) is 6.08 Å². The smallest absolute Gasteiger partial charge is 0.0615 e. The number of hydrogen-bond acceptors (Lipinski definition) is 1. The van der Waals surface area contributed by atoms with E-state index < -0.39 is 0 Å². The standard InChI is InChI=1S/C10H10.C9H10O/c1-3-9-7-5-6-8-10(9)4-2;10-8-4-7-9-5-2-1-3-6-9/h3-8H,1-2H2;1-7,10H,8H2. The predicted molar refractivity (Wildman–Crippen MR) is 89.2 cm³/mol. The summed E-state index contributed by atoms with van der Waals surface area (Å²) in [4.78, 5) is 0. The lowest BCUT2D eigenvalue weighted by molar-refractivity contribution is 0.343. The summed E-state index contributed by atoms with van der Waals surface area (Å²) in [5.74, 6) is 0. The van der Waals surface area contributed by atoms with Crippen molar-refractivity contribution < 1.29 is 5.11 Å². The zero-order valence-corrected chi connectivity index (χ0v) is 11.6. The maximum atomic E-state index is 8.44. The van der Waals surface area contributed by atoms with Crippen LogP contribution in [0.5, 0.6) is 0 Å². The fourth-order valence-corrected chi connectivity index (χ4v) is 1.64. The van der Waals surface area contributed by atoms with Gasteiger partial charge in [-0.15, -0.1) is 0 Å². The lowest BCUT2D eigenvalue weighted by Gasteiger charge is -1.96. The van der Waals surface area contributed by atoms with Gasteiger partial charge in [-0.25, -0.2) is 0 Å². The van der Waals surface area contributed by atoms with E-state index in [9.17, 15) is 0 Å². The van der Waals surface area contributed by atoms with Crippen LogP contribution in [0.1, 0.15) is 16.7 Å². The van der Waals surface area contributed by atoms with Gasteiger partial charge in [0.15, 0.2) is 0 Å². The fourth-order valence-electron chi connectivity index (χ4n) is 1.64. The van der Waals surface area contributed by atoms with Crippen molar-refractivity contribution in [2.75, 3.05) is 6.61 Å². The van der Waals surface area contributed by atoms with Crippen molar-refractivity contribution in [1.29, 1.82) is 0 Å². The molecule has 0 bridgehead atoms. The first-order valence-corrected chi connectivity index (χ1v) is 6.48. The zero-order valence-electron chi connectivity index (χ0n) is 11.6. The second-order valence-electron chi connectivity index (χ2n) is 4.03. The Balaban J connectivity index is 0.000000200. The molecule has 0 saturated heterocycles. The number of benzene rings is 2. The van der Waals surface area contributed by atoms with E-state index in [2.05, 4.69) is 13.2 Å². The SMILES string of the molecule is C=Cc1ccccc1C=C.OCC=Cc1ccccc1. The van der Waals surface area contributed by atoms with Gasteiger partial charge in [0, 0.05) is 0 Å². The fraction of sp³-hybridized carbons (Fsp3) is 0.0526. The van der Waals surface area contributed by atoms with Crippen LogP contribution in [0.4, 0.5) is 0 Å². The lowest BCUT2D eigenvalue weighted by atomic mass is 10.1. The van der Waals surface area contributed by atoms with Gasteiger partial charge in [0.05, 0.1) is 6.61 Å². The highest BCUT2D eigenvalue weighted by Gasteiger charge is 1.89. The number of rotatable bonds is 4. The summed E-state index contributed by atoms with van der Waals surface area (Å²) in [6.07, 6.45) is 7.27. The van der Waals surface area contributed by atoms with E-state index in [0.29, 0.717) is 0 Å². The van der Waals surface area contributed by atoms with Crippen molar-refractivity contribution >= 4 is 18.2 Å². The van der Waals surface area contributed by atoms with Gasteiger partial charge in [0.1, 0.15) is 0 Å². The van der Waals surface area contributed by atoms with E-state index in [4.69, 9.17) is 5.11 Å². The normalized spacial score (nSPS) is 9.65. The maximum absolute atomic E-state index is 8.44. The molecule has 0 spiro atoms. The third-order valence-electron chi connectivity index (χ3n) is 2.65. The topological polar surface area (TPSA) is 20.2 Å². The highest BCUT2D eigenvalue weighted by atomic mass is 16.2. The Bertz CT molecular complexity index is 526. The Morgan fingerprint density at radius 1 is 0.800 bits per heavy atom. The van der Waals surface area contributed by atoms with Gasteiger partial charge in [0.25, 0.3) is 0 Å². The monoisotopic (exact) mass is 264 g/mol. The van der Waals surface area contributed by atoms with Gasteiger partial charge in [-0.05, 0) is 16.7 Å². The van der Waals surface area contributed by atoms with Crippen LogP contribution < -0.4 is 0 Å². The summed E-state index contributed by atoms with van der Waals surface area (Å²) in [6, 6.07) is 17.9. The van der Waals surface area contributed by atoms with Crippen molar-refractivity contribution in [3.8, 4) is 0 Å². The van der Waals surface area contributed by atoms with Crippen molar-refractivity contribution in [2.45, 2.75) is 0 Å². The summed E-state index contributed by atoms with van der Waals surface area (Å²) in [5.41, 5.74) is 3.39. The molecule has 0 saturated carbocycles. The lowest BCUT2D eigenvalue weighted by Crippen LogP contribution is -1.76. The highest BCUT2D eigenvalue weighted by molar-refractivity contribution is 5.63. The molecule has 2 aromatic rings. The van der Waals surface area contributed by atoms with E-state index in [-0.39, 0.29) is 6.61 Å². The molecule has 0 unspecified atom stereocenters. The molecule has 0 aliphatic heterocycles. The number of hydrogen-bond donors (Lipinski definition) is 1. The third-order valence-corrected chi connectivity index (χ3v) is 2.65. The minimum Gasteiger partial charge on any atom is -0.392 e. The van der Waals surface area contributed by atoms with Crippen LogP contribution in [0.25, 0.3) is 18.2 Å². The van der Waals surface area contributed by atoms with E-state index in [1.165, 1.54) is 0 Å². The minimum absolute atomic E-state index is 0.106. The second kappa shape index (κ2) is 9.54. The molecule has 0 aliphatic rings. The summed E-state index contributed by atoms with van der Waals surface area (Å²) in [5, 5.41) is 8.44. The molecule has 0 aliphatic carbocycles. The molecule has 0 amide bonds. The van der Waals surface area contributed by atoms with Gasteiger partial charge in [0.2, 0.25) is 0 Å². The Morgan fingerprint density at radius 3 is 1.75 bits per heavy atom. The van der Waals surface area contributed by atoms with Crippen LogP contribution in [0.15, 0.2) is 73.8 Å². The highest BCUT2D eigenvalue weighted by Crippen LogP contribution is 2.10. The largest absolute Gasteiger partial charge is 0.392 e. The first kappa shape index (κ1) is 15.7. The molecule has 0 atom stereocenters. The van der Waals surface area contributed by atoms with Crippen molar-refractivity contribution in [2.24, 2.45) is 0 Å². The molecular weight excluding hydrogens is 244 g/mol. The molecular formula is C19H20O. The van der Waals surface area contributed by atoms with Gasteiger partial charge in [-0.2, -0.15) is 0 Å². The van der Waals surface area contributed by atoms with Gasteiger partial charge in [-0.1, -0.05) is 92.1 Å². The predicted octanol–water partition coefficient (Wildman–Crippen LogP) is 4.66. The Morgan fingerprint density at radius 2 is 1.30 bits per heavy atom. The first-order chi connectivity index (χ1) is 9.81. The summed E-state index contributed by atoms with van der Waals surface area (Å²) in [7, 11) is 0. The average Bonchev–Trinajstić information content (AvgIpc) is 2.54. The van der Waals surface area contributed by atoms with E-state index in [0.717, 1.165) is 16.7 Å². The summed E-state index contributed by atoms with van der Waals surface area (Å²) < 4.78 is 0. The van der Waals surface area contributed by atoms with Crippen LogP contribution in [0.3, 0.4) is 0 Å². The number of aliphatic hydroxyl groups excluding tert-OH is 1. The van der Waals surface area contributed by atoms with Crippen LogP contribution in [-0.4, -0.2) is 11.7 Å². The number of aliphatic hydroxyl groups is 1. The Kier molecular flexibility index (Phi) is 7.48. The molecule has 0 radical (unpaired) electrons. The van der Waals surface area contributed by atoms with Crippen LogP contribution in [-0.2, 0) is 0 Å². The minimum atomic E-state index is 0.106. The van der Waals surface area contributed by atoms with Crippen LogP contribution >= 0.6 is 0 Å². The Labute approximate surface area is 121 Å². The Hall–Kier alpha value is -2.38. The first-order valence-electron chi connectivity index (χ1n) is 6.48. The van der Waals surface area contributed by atoms with E-state index >= 15 is 0 Å². The van der Waals surface area contributed by atoms with Crippen LogP contribution in [0, 0.1) is 0 Å². The van der Waals surface area contributed by atoms with Crippen molar-refractivity contribution in [1.82, 2.24) is 0 Å². The van der Waals surface area contributed by atoms with Gasteiger partial charge >= 0.3 is 0 Å². The molecule has 1 heteroatoms. The van der Waals surface area contributed by atoms with Crippen LogP contribution in [0.2, 0.25) is 0 Å². The summed E-state index contributed by atoms with van der Waals surface area (Å²) >= 11 is 0. The average molecular weight is 264 g/mol. The molecule has 0 heterocycles. The maximum Gasteiger partial charge on any atom is 0.0615 e. The molecule has 0 fully saturated rings. The molecule has 1 N–H and O–H groups in total. The van der Waals surface area contributed by atoms with Gasteiger partial charge < -0.3 is 5.11 Å². The second-order valence-corrected chi connectivity index (χ2v) is 4.03. The molecule has 102 valence electrons. The zero-order chi connectivity index (χ0) is 14.6. The quantitative estimate of drug-likeness (QED) is 0.851. The molecule has 2 aromatic carbocycles. The van der Waals surface area contributed by atoms with Crippen molar-refractivity contribution in [3.05, 3.63) is 90.5 Å². The molecule has 20 heavy (non-hydrogen) atoms. The molecule has 2 rings (SSSR count). The molecule has 0 aromatic heterocycles. The van der Waals surface area contributed by atoms with E-state index in [1.807, 2.05) is 72.8 Å². The van der Waals surface area contributed by atoms with Crippen molar-refractivity contribution in [3.63, 3.8) is 0 Å². The van der Waals surface area contributed by atoms with Gasteiger partial charge in [-0.3, -0.25) is 0 Å². The summed E-state index contributed by atoms with van der Waals surface area (Å²) in [6.45, 7) is 7.49. The third kappa shape index (κ3) is 5.51. The molecule has 1 nitrogen and oxygen atoms in total.